The molecule has 2 aliphatic heterocycles. The SMILES string of the molecule is C=CC(=O)N1CCN(C[C@@H](Oc2cnc(C(=O)Nc3ncc(C4COC4)cc3C)c(C)c2)c2ccc(C)c(F)c2)C[C@H]1C. The molecule has 9 nitrogen and oxygen atoms in total. The molecular formula is C33H38FN5O4. The van der Waals surface area contributed by atoms with Crippen LogP contribution < -0.4 is 10.1 Å². The standard InChI is InChI=1S/C33H38FN5O4/c1-6-30(40)39-10-9-38(16-23(39)5)17-29(24-8-7-20(2)28(34)13-24)43-27-12-21(3)31(35-15-27)33(41)37-32-22(4)11-25(14-36-32)26-18-42-19-26/h6-8,11-15,23,26,29H,1,9-10,16-19H2,2-5H3,(H,36,37,41)/t23-,29-/m1/s1. The Hall–Kier alpha value is -4.15. The summed E-state index contributed by atoms with van der Waals surface area (Å²) in [4.78, 5) is 38.2. The zero-order chi connectivity index (χ0) is 30.7. The number of piperazine rings is 1. The van der Waals surface area contributed by atoms with Gasteiger partial charge in [0.25, 0.3) is 5.91 Å². The van der Waals surface area contributed by atoms with E-state index in [-0.39, 0.29) is 29.4 Å². The molecule has 3 aromatic rings. The molecule has 2 fully saturated rings. The maximum Gasteiger partial charge on any atom is 0.275 e. The molecule has 1 N–H and O–H groups in total. The number of hydrogen-bond donors (Lipinski definition) is 1. The number of anilines is 1. The lowest BCUT2D eigenvalue weighted by Gasteiger charge is -2.40. The number of halogens is 1. The molecule has 43 heavy (non-hydrogen) atoms. The van der Waals surface area contributed by atoms with Crippen molar-refractivity contribution >= 4 is 17.6 Å². The number of aromatic nitrogens is 2. The van der Waals surface area contributed by atoms with Crippen molar-refractivity contribution in [2.45, 2.75) is 45.8 Å². The number of benzene rings is 1. The van der Waals surface area contributed by atoms with E-state index < -0.39 is 6.10 Å². The first-order valence-electron chi connectivity index (χ1n) is 14.5. The number of hydrogen-bond acceptors (Lipinski definition) is 7. The van der Waals surface area contributed by atoms with Crippen molar-refractivity contribution < 1.29 is 23.5 Å². The van der Waals surface area contributed by atoms with Crippen molar-refractivity contribution in [3.05, 3.63) is 94.7 Å². The minimum Gasteiger partial charge on any atom is -0.483 e. The molecule has 0 radical (unpaired) electrons. The molecule has 2 atom stereocenters. The second-order valence-electron chi connectivity index (χ2n) is 11.4. The minimum atomic E-state index is -0.503. The van der Waals surface area contributed by atoms with Crippen LogP contribution in [0.25, 0.3) is 0 Å². The molecule has 2 saturated heterocycles. The van der Waals surface area contributed by atoms with Gasteiger partial charge in [0.2, 0.25) is 5.91 Å². The third-order valence-corrected chi connectivity index (χ3v) is 8.15. The van der Waals surface area contributed by atoms with Crippen molar-refractivity contribution in [1.82, 2.24) is 19.8 Å². The summed E-state index contributed by atoms with van der Waals surface area (Å²) in [6, 6.07) is 8.90. The fourth-order valence-electron chi connectivity index (χ4n) is 5.46. The topological polar surface area (TPSA) is 96.9 Å². The van der Waals surface area contributed by atoms with Gasteiger partial charge >= 0.3 is 0 Å². The number of amides is 2. The van der Waals surface area contributed by atoms with E-state index in [9.17, 15) is 14.0 Å². The van der Waals surface area contributed by atoms with E-state index in [0.29, 0.717) is 73.6 Å². The van der Waals surface area contributed by atoms with Crippen LogP contribution in [0.5, 0.6) is 5.75 Å². The van der Waals surface area contributed by atoms with Crippen molar-refractivity contribution in [3.8, 4) is 5.75 Å². The predicted molar refractivity (Wildman–Crippen MR) is 162 cm³/mol. The molecule has 2 aliphatic rings. The number of ether oxygens (including phenoxy) is 2. The molecular weight excluding hydrogens is 549 g/mol. The number of rotatable bonds is 9. The molecule has 1 aromatic carbocycles. The summed E-state index contributed by atoms with van der Waals surface area (Å²) < 4.78 is 26.3. The second-order valence-corrected chi connectivity index (χ2v) is 11.4. The highest BCUT2D eigenvalue weighted by Crippen LogP contribution is 2.28. The van der Waals surface area contributed by atoms with Crippen LogP contribution in [0, 0.1) is 26.6 Å². The van der Waals surface area contributed by atoms with E-state index in [2.05, 4.69) is 26.8 Å². The second kappa shape index (κ2) is 13.0. The lowest BCUT2D eigenvalue weighted by atomic mass is 9.98. The van der Waals surface area contributed by atoms with Crippen LogP contribution >= 0.6 is 0 Å². The lowest BCUT2D eigenvalue weighted by Crippen LogP contribution is -2.54. The maximum absolute atomic E-state index is 14.6. The van der Waals surface area contributed by atoms with Gasteiger partial charge < -0.3 is 19.7 Å². The van der Waals surface area contributed by atoms with Gasteiger partial charge in [0.15, 0.2) is 0 Å². The Morgan fingerprint density at radius 1 is 1.12 bits per heavy atom. The van der Waals surface area contributed by atoms with Gasteiger partial charge in [-0.2, -0.15) is 0 Å². The maximum atomic E-state index is 14.6. The smallest absolute Gasteiger partial charge is 0.275 e. The highest BCUT2D eigenvalue weighted by Gasteiger charge is 2.29. The summed E-state index contributed by atoms with van der Waals surface area (Å²) in [6.07, 6.45) is 4.13. The van der Waals surface area contributed by atoms with Crippen molar-refractivity contribution in [2.75, 3.05) is 44.7 Å². The zero-order valence-electron chi connectivity index (χ0n) is 25.1. The van der Waals surface area contributed by atoms with E-state index >= 15 is 0 Å². The Morgan fingerprint density at radius 2 is 1.91 bits per heavy atom. The Labute approximate surface area is 251 Å². The first-order valence-corrected chi connectivity index (χ1v) is 14.5. The third kappa shape index (κ3) is 6.92. The quantitative estimate of drug-likeness (QED) is 0.361. The zero-order valence-corrected chi connectivity index (χ0v) is 25.1. The third-order valence-electron chi connectivity index (χ3n) is 8.15. The van der Waals surface area contributed by atoms with E-state index in [1.165, 1.54) is 18.3 Å². The summed E-state index contributed by atoms with van der Waals surface area (Å²) in [7, 11) is 0. The van der Waals surface area contributed by atoms with E-state index in [4.69, 9.17) is 9.47 Å². The van der Waals surface area contributed by atoms with Crippen LogP contribution in [0.15, 0.2) is 55.4 Å². The molecule has 0 bridgehead atoms. The fraction of sp³-hybridized carbons (Fsp3) is 0.394. The van der Waals surface area contributed by atoms with Gasteiger partial charge in [0, 0.05) is 44.3 Å². The van der Waals surface area contributed by atoms with Crippen LogP contribution in [0.2, 0.25) is 0 Å². The molecule has 10 heteroatoms. The number of carbonyl (C=O) groups is 2. The molecule has 0 spiro atoms. The first kappa shape index (κ1) is 30.3. The molecule has 5 rings (SSSR count). The Morgan fingerprint density at radius 3 is 2.53 bits per heavy atom. The summed E-state index contributed by atoms with van der Waals surface area (Å²) in [5, 5.41) is 2.87. The molecule has 226 valence electrons. The van der Waals surface area contributed by atoms with Gasteiger partial charge in [0.05, 0.1) is 19.4 Å². The van der Waals surface area contributed by atoms with E-state index in [1.54, 1.807) is 37.1 Å². The number of nitrogens with one attached hydrogen (secondary N) is 1. The van der Waals surface area contributed by atoms with Gasteiger partial charge in [-0.25, -0.2) is 14.4 Å². The monoisotopic (exact) mass is 587 g/mol. The van der Waals surface area contributed by atoms with Crippen molar-refractivity contribution in [3.63, 3.8) is 0 Å². The van der Waals surface area contributed by atoms with Crippen LogP contribution in [-0.2, 0) is 9.53 Å². The van der Waals surface area contributed by atoms with E-state index in [1.807, 2.05) is 26.0 Å². The fourth-order valence-corrected chi connectivity index (χ4v) is 5.46. The summed E-state index contributed by atoms with van der Waals surface area (Å²) in [5.74, 6) is 0.550. The number of nitrogens with zero attached hydrogens (tertiary/aromatic N) is 4. The van der Waals surface area contributed by atoms with Crippen molar-refractivity contribution in [2.24, 2.45) is 0 Å². The summed E-state index contributed by atoms with van der Waals surface area (Å²) in [6.45, 7) is 14.8. The van der Waals surface area contributed by atoms with Gasteiger partial charge in [0.1, 0.15) is 29.2 Å². The van der Waals surface area contributed by atoms with Crippen LogP contribution in [0.3, 0.4) is 0 Å². The Bertz CT molecular complexity index is 1530. The minimum absolute atomic E-state index is 0.00193. The number of aryl methyl sites for hydroxylation is 3. The van der Waals surface area contributed by atoms with Gasteiger partial charge in [-0.3, -0.25) is 14.5 Å². The van der Waals surface area contributed by atoms with Gasteiger partial charge in [-0.15, -0.1) is 0 Å². The van der Waals surface area contributed by atoms with Crippen LogP contribution in [0.1, 0.15) is 57.3 Å². The first-order chi connectivity index (χ1) is 20.6. The van der Waals surface area contributed by atoms with Gasteiger partial charge in [-0.1, -0.05) is 24.8 Å². The largest absolute Gasteiger partial charge is 0.483 e. The van der Waals surface area contributed by atoms with Crippen LogP contribution in [0.4, 0.5) is 10.2 Å². The summed E-state index contributed by atoms with van der Waals surface area (Å²) in [5.41, 5.74) is 4.11. The Balaban J connectivity index is 1.30. The highest BCUT2D eigenvalue weighted by atomic mass is 19.1. The molecule has 0 saturated carbocycles. The van der Waals surface area contributed by atoms with Crippen molar-refractivity contribution in [1.29, 1.82) is 0 Å². The molecule has 0 aliphatic carbocycles. The van der Waals surface area contributed by atoms with Gasteiger partial charge in [-0.05, 0) is 73.7 Å². The average molecular weight is 588 g/mol. The number of pyridine rings is 2. The van der Waals surface area contributed by atoms with Crippen LogP contribution in [-0.4, -0.2) is 77.0 Å². The molecule has 4 heterocycles. The normalized spacial score (nSPS) is 18.1. The molecule has 0 unspecified atom stereocenters. The lowest BCUT2D eigenvalue weighted by molar-refractivity contribution is -0.130. The summed E-state index contributed by atoms with van der Waals surface area (Å²) >= 11 is 0. The predicted octanol–water partition coefficient (Wildman–Crippen LogP) is 4.75. The molecule has 2 aromatic heterocycles. The van der Waals surface area contributed by atoms with E-state index in [0.717, 1.165) is 11.1 Å². The highest BCUT2D eigenvalue weighted by molar-refractivity contribution is 6.03. The number of carbonyl (C=O) groups excluding carboxylic acids is 2. The molecule has 2 amide bonds. The average Bonchev–Trinajstić information content (AvgIpc) is 2.94. The Kier molecular flexibility index (Phi) is 9.17.